The van der Waals surface area contributed by atoms with Gasteiger partial charge in [0.1, 0.15) is 0 Å². The number of ketones is 1. The smallest absolute Gasteiger partial charge is 0.310 e. The van der Waals surface area contributed by atoms with E-state index in [0.29, 0.717) is 26.9 Å². The monoisotopic (exact) mass is 379 g/mol. The molecule has 0 aliphatic rings. The lowest BCUT2D eigenvalue weighted by molar-refractivity contribution is -0.146. The predicted octanol–water partition coefficient (Wildman–Crippen LogP) is 3.92. The molecule has 0 bridgehead atoms. The second-order valence-electron chi connectivity index (χ2n) is 5.19. The van der Waals surface area contributed by atoms with Crippen molar-refractivity contribution >= 4 is 46.5 Å². The Balaban J connectivity index is 1.92. The number of amides is 1. The van der Waals surface area contributed by atoms with Crippen LogP contribution in [0.15, 0.2) is 42.5 Å². The number of rotatable bonds is 6. The first kappa shape index (κ1) is 19.0. The molecule has 7 heteroatoms. The highest BCUT2D eigenvalue weighted by Gasteiger charge is 2.14. The van der Waals surface area contributed by atoms with Crippen LogP contribution in [0.5, 0.6) is 0 Å². The normalized spacial score (nSPS) is 10.2. The molecule has 0 aromatic heterocycles. The lowest BCUT2D eigenvalue weighted by Gasteiger charge is -2.10. The van der Waals surface area contributed by atoms with Crippen LogP contribution in [0.1, 0.15) is 22.8 Å². The van der Waals surface area contributed by atoms with Gasteiger partial charge < -0.3 is 10.1 Å². The van der Waals surface area contributed by atoms with Crippen molar-refractivity contribution in [3.63, 3.8) is 0 Å². The highest BCUT2D eigenvalue weighted by molar-refractivity contribution is 6.36. The number of carbonyl (C=O) groups is 3. The molecule has 5 nitrogen and oxygen atoms in total. The molecule has 0 aliphatic carbocycles. The first-order valence-electron chi connectivity index (χ1n) is 7.37. The van der Waals surface area contributed by atoms with E-state index in [1.54, 1.807) is 42.5 Å². The first-order chi connectivity index (χ1) is 11.9. The molecule has 0 saturated heterocycles. The minimum atomic E-state index is -0.634. The molecule has 1 amide bonds. The molecule has 0 fully saturated rings. The Morgan fingerprint density at radius 2 is 1.64 bits per heavy atom. The van der Waals surface area contributed by atoms with Crippen molar-refractivity contribution in [2.24, 2.45) is 0 Å². The summed E-state index contributed by atoms with van der Waals surface area (Å²) in [5.41, 5.74) is 1.19. The summed E-state index contributed by atoms with van der Waals surface area (Å²) in [7, 11) is 0. The molecular weight excluding hydrogens is 365 g/mol. The molecule has 0 unspecified atom stereocenters. The average molecular weight is 380 g/mol. The number of para-hydroxylation sites is 1. The van der Waals surface area contributed by atoms with Gasteiger partial charge in [-0.3, -0.25) is 14.4 Å². The molecule has 0 atom stereocenters. The van der Waals surface area contributed by atoms with Gasteiger partial charge in [0.2, 0.25) is 0 Å². The fourth-order valence-corrected chi connectivity index (χ4v) is 2.66. The van der Waals surface area contributed by atoms with Crippen molar-refractivity contribution in [3.8, 4) is 0 Å². The zero-order valence-electron chi connectivity index (χ0n) is 13.3. The summed E-state index contributed by atoms with van der Waals surface area (Å²) in [5, 5.41) is 3.25. The fraction of sp³-hybridized carbons (Fsp3) is 0.167. The Hall–Kier alpha value is -2.37. The summed E-state index contributed by atoms with van der Waals surface area (Å²) >= 11 is 12.0. The number of anilines is 1. The molecule has 1 N–H and O–H groups in total. The van der Waals surface area contributed by atoms with Crippen LogP contribution in [0, 0.1) is 0 Å². The van der Waals surface area contributed by atoms with Crippen LogP contribution in [0.2, 0.25) is 10.0 Å². The standard InChI is InChI=1S/C18H15Cl2NO4/c1-11(22)12-5-2-3-8-16(12)21-17(23)10-25-18(24)9-13-14(19)6-4-7-15(13)20/h2-8H,9-10H2,1H3,(H,21,23). The van der Waals surface area contributed by atoms with E-state index in [1.165, 1.54) is 6.92 Å². The quantitative estimate of drug-likeness (QED) is 0.609. The zero-order chi connectivity index (χ0) is 18.4. The maximum Gasteiger partial charge on any atom is 0.310 e. The molecule has 130 valence electrons. The van der Waals surface area contributed by atoms with Gasteiger partial charge in [-0.05, 0) is 31.2 Å². The minimum absolute atomic E-state index is 0.143. The van der Waals surface area contributed by atoms with E-state index in [1.807, 2.05) is 0 Å². The maximum absolute atomic E-state index is 11.9. The zero-order valence-corrected chi connectivity index (χ0v) is 14.9. The van der Waals surface area contributed by atoms with Gasteiger partial charge in [-0.2, -0.15) is 0 Å². The minimum Gasteiger partial charge on any atom is -0.455 e. The van der Waals surface area contributed by atoms with Gasteiger partial charge in [0.25, 0.3) is 5.91 Å². The van der Waals surface area contributed by atoms with Crippen LogP contribution in [-0.4, -0.2) is 24.3 Å². The average Bonchev–Trinajstić information content (AvgIpc) is 2.57. The van der Waals surface area contributed by atoms with Crippen LogP contribution in [0.3, 0.4) is 0 Å². The number of hydrogen-bond acceptors (Lipinski definition) is 4. The number of carbonyl (C=O) groups excluding carboxylic acids is 3. The van der Waals surface area contributed by atoms with E-state index in [4.69, 9.17) is 27.9 Å². The summed E-state index contributed by atoms with van der Waals surface area (Å²) in [5.74, 6) is -1.36. The van der Waals surface area contributed by atoms with E-state index in [9.17, 15) is 14.4 Å². The van der Waals surface area contributed by atoms with Crippen molar-refractivity contribution in [1.29, 1.82) is 0 Å². The van der Waals surface area contributed by atoms with Gasteiger partial charge in [0, 0.05) is 21.2 Å². The van der Waals surface area contributed by atoms with E-state index >= 15 is 0 Å². The van der Waals surface area contributed by atoms with Crippen LogP contribution >= 0.6 is 23.2 Å². The van der Waals surface area contributed by atoms with Crippen LogP contribution < -0.4 is 5.32 Å². The Morgan fingerprint density at radius 3 is 2.28 bits per heavy atom. The summed E-state index contributed by atoms with van der Waals surface area (Å²) in [6, 6.07) is 11.5. The van der Waals surface area contributed by atoms with Crippen LogP contribution in [0.4, 0.5) is 5.69 Å². The maximum atomic E-state index is 11.9. The molecule has 2 aromatic rings. The predicted molar refractivity (Wildman–Crippen MR) is 96.2 cm³/mol. The second-order valence-corrected chi connectivity index (χ2v) is 6.00. The van der Waals surface area contributed by atoms with Crippen molar-refractivity contribution in [3.05, 3.63) is 63.6 Å². The summed E-state index contributed by atoms with van der Waals surface area (Å²) < 4.78 is 4.94. The lowest BCUT2D eigenvalue weighted by atomic mass is 10.1. The summed E-state index contributed by atoms with van der Waals surface area (Å²) in [6.45, 7) is 0.922. The third kappa shape index (κ3) is 5.31. The van der Waals surface area contributed by atoms with E-state index in [2.05, 4.69) is 5.32 Å². The largest absolute Gasteiger partial charge is 0.455 e. The molecule has 2 aromatic carbocycles. The molecule has 0 radical (unpaired) electrons. The van der Waals surface area contributed by atoms with Crippen LogP contribution in [-0.2, 0) is 20.7 Å². The Labute approximate surface area is 154 Å². The Morgan fingerprint density at radius 1 is 1.00 bits per heavy atom. The molecule has 0 heterocycles. The number of benzene rings is 2. The molecule has 0 aliphatic heterocycles. The topological polar surface area (TPSA) is 72.5 Å². The summed E-state index contributed by atoms with van der Waals surface area (Å²) in [6.07, 6.45) is -0.143. The highest BCUT2D eigenvalue weighted by Crippen LogP contribution is 2.24. The number of Topliss-reactive ketones (excluding diaryl/α,β-unsaturated/α-hetero) is 1. The van der Waals surface area contributed by atoms with Crippen molar-refractivity contribution in [1.82, 2.24) is 0 Å². The van der Waals surface area contributed by atoms with Crippen molar-refractivity contribution < 1.29 is 19.1 Å². The Bertz CT molecular complexity index is 800. The van der Waals surface area contributed by atoms with Crippen molar-refractivity contribution in [2.75, 3.05) is 11.9 Å². The van der Waals surface area contributed by atoms with Gasteiger partial charge in [0.15, 0.2) is 12.4 Å². The SMILES string of the molecule is CC(=O)c1ccccc1NC(=O)COC(=O)Cc1c(Cl)cccc1Cl. The van der Waals surface area contributed by atoms with E-state index < -0.39 is 18.5 Å². The summed E-state index contributed by atoms with van der Waals surface area (Å²) in [4.78, 5) is 35.3. The van der Waals surface area contributed by atoms with Gasteiger partial charge in [-0.15, -0.1) is 0 Å². The number of halogens is 2. The molecule has 2 rings (SSSR count). The van der Waals surface area contributed by atoms with Gasteiger partial charge in [-0.1, -0.05) is 41.4 Å². The third-order valence-corrected chi connectivity index (χ3v) is 4.04. The number of nitrogens with one attached hydrogen (secondary N) is 1. The van der Waals surface area contributed by atoms with E-state index in [-0.39, 0.29) is 12.2 Å². The van der Waals surface area contributed by atoms with Crippen LogP contribution in [0.25, 0.3) is 0 Å². The fourth-order valence-electron chi connectivity index (χ4n) is 2.13. The highest BCUT2D eigenvalue weighted by atomic mass is 35.5. The van der Waals surface area contributed by atoms with Gasteiger partial charge >= 0.3 is 5.97 Å². The van der Waals surface area contributed by atoms with E-state index in [0.717, 1.165) is 0 Å². The lowest BCUT2D eigenvalue weighted by Crippen LogP contribution is -2.22. The molecular formula is C18H15Cl2NO4. The number of esters is 1. The molecule has 0 saturated carbocycles. The number of hydrogen-bond donors (Lipinski definition) is 1. The Kier molecular flexibility index (Phi) is 6.56. The number of ether oxygens (including phenoxy) is 1. The molecule has 25 heavy (non-hydrogen) atoms. The van der Waals surface area contributed by atoms with Gasteiger partial charge in [0.05, 0.1) is 12.1 Å². The first-order valence-corrected chi connectivity index (χ1v) is 8.12. The molecule has 0 spiro atoms. The van der Waals surface area contributed by atoms with Crippen molar-refractivity contribution in [2.45, 2.75) is 13.3 Å². The van der Waals surface area contributed by atoms with Gasteiger partial charge in [-0.25, -0.2) is 0 Å². The second kappa shape index (κ2) is 8.65. The third-order valence-electron chi connectivity index (χ3n) is 3.33.